The SMILES string of the molecule is Cc1nc2ccccc2c(=O)n1/N=C\c1ccc(OC(=O)c2cc([N+](=O)[O-])cc([N+](=O)[O-])c2)cc1. The molecule has 1 aromatic heterocycles. The Hall–Kier alpha value is -5.26. The number of nitro groups is 2. The highest BCUT2D eigenvalue weighted by molar-refractivity contribution is 5.92. The van der Waals surface area contributed by atoms with Crippen molar-refractivity contribution >= 4 is 34.5 Å². The average Bonchev–Trinajstić information content (AvgIpc) is 2.84. The maximum absolute atomic E-state index is 12.7. The van der Waals surface area contributed by atoms with Gasteiger partial charge in [-0.1, -0.05) is 12.1 Å². The number of ether oxygens (including phenoxy) is 1. The van der Waals surface area contributed by atoms with Gasteiger partial charge in [-0.2, -0.15) is 9.78 Å². The van der Waals surface area contributed by atoms with E-state index in [4.69, 9.17) is 4.74 Å². The van der Waals surface area contributed by atoms with E-state index < -0.39 is 27.2 Å². The predicted molar refractivity (Wildman–Crippen MR) is 125 cm³/mol. The Morgan fingerprint density at radius 3 is 2.26 bits per heavy atom. The van der Waals surface area contributed by atoms with Crippen molar-refractivity contribution in [2.45, 2.75) is 6.92 Å². The van der Waals surface area contributed by atoms with Crippen molar-refractivity contribution in [2.24, 2.45) is 5.10 Å². The number of benzene rings is 3. The summed E-state index contributed by atoms with van der Waals surface area (Å²) in [6, 6.07) is 15.5. The Labute approximate surface area is 196 Å². The zero-order valence-electron chi connectivity index (χ0n) is 18.0. The molecule has 0 unspecified atom stereocenters. The number of carbonyl (C=O) groups is 1. The van der Waals surface area contributed by atoms with E-state index in [9.17, 15) is 29.8 Å². The molecule has 0 fully saturated rings. The standard InChI is InChI=1S/C23H15N5O7/c1-14-25-21-5-3-2-4-20(21)22(29)26(14)24-13-15-6-8-19(9-7-15)35-23(30)16-10-17(27(31)32)12-18(11-16)28(33)34/h2-13H,1H3/b24-13-. The molecular formula is C23H15N5O7. The highest BCUT2D eigenvalue weighted by atomic mass is 16.6. The smallest absolute Gasteiger partial charge is 0.344 e. The first-order valence-electron chi connectivity index (χ1n) is 10.0. The second-order valence-corrected chi connectivity index (χ2v) is 7.25. The maximum atomic E-state index is 12.7. The molecule has 0 aliphatic rings. The summed E-state index contributed by atoms with van der Waals surface area (Å²) in [5, 5.41) is 26.6. The molecule has 35 heavy (non-hydrogen) atoms. The second-order valence-electron chi connectivity index (χ2n) is 7.25. The van der Waals surface area contributed by atoms with E-state index in [1.807, 2.05) is 0 Å². The number of hydrogen-bond acceptors (Lipinski definition) is 9. The van der Waals surface area contributed by atoms with Crippen LogP contribution in [0.1, 0.15) is 21.7 Å². The molecule has 0 aliphatic heterocycles. The molecule has 12 heteroatoms. The number of para-hydroxylation sites is 1. The summed E-state index contributed by atoms with van der Waals surface area (Å²) in [7, 11) is 0. The summed E-state index contributed by atoms with van der Waals surface area (Å²) in [4.78, 5) is 49.8. The number of non-ortho nitro benzene ring substituents is 2. The number of hydrogen-bond donors (Lipinski definition) is 0. The fraction of sp³-hybridized carbons (Fsp3) is 0.0435. The predicted octanol–water partition coefficient (Wildman–Crippen LogP) is 3.62. The number of fused-ring (bicyclic) bond motifs is 1. The van der Waals surface area contributed by atoms with Crippen LogP contribution < -0.4 is 10.3 Å². The van der Waals surface area contributed by atoms with E-state index >= 15 is 0 Å². The fourth-order valence-corrected chi connectivity index (χ4v) is 3.21. The Morgan fingerprint density at radius 1 is 1.00 bits per heavy atom. The zero-order valence-corrected chi connectivity index (χ0v) is 18.0. The lowest BCUT2D eigenvalue weighted by Crippen LogP contribution is -2.20. The van der Waals surface area contributed by atoms with Crippen LogP contribution in [0.25, 0.3) is 10.9 Å². The third-order valence-electron chi connectivity index (χ3n) is 4.89. The molecule has 0 amide bonds. The first-order chi connectivity index (χ1) is 16.7. The molecule has 0 saturated carbocycles. The van der Waals surface area contributed by atoms with Gasteiger partial charge in [0.2, 0.25) is 0 Å². The lowest BCUT2D eigenvalue weighted by Gasteiger charge is -2.06. The normalized spacial score (nSPS) is 11.0. The molecule has 174 valence electrons. The number of nitro benzene ring substituents is 2. The number of esters is 1. The highest BCUT2D eigenvalue weighted by Crippen LogP contribution is 2.24. The van der Waals surface area contributed by atoms with Gasteiger partial charge in [-0.3, -0.25) is 25.0 Å². The van der Waals surface area contributed by atoms with Crippen LogP contribution in [0.2, 0.25) is 0 Å². The average molecular weight is 473 g/mol. The maximum Gasteiger partial charge on any atom is 0.344 e. The van der Waals surface area contributed by atoms with Crippen LogP contribution in [-0.4, -0.2) is 31.7 Å². The van der Waals surface area contributed by atoms with Crippen molar-refractivity contribution < 1.29 is 19.4 Å². The van der Waals surface area contributed by atoms with E-state index in [2.05, 4.69) is 10.1 Å². The molecule has 0 N–H and O–H groups in total. The van der Waals surface area contributed by atoms with E-state index in [1.54, 1.807) is 43.3 Å². The number of rotatable bonds is 6. The third kappa shape index (κ3) is 4.90. The third-order valence-corrected chi connectivity index (χ3v) is 4.89. The van der Waals surface area contributed by atoms with Gasteiger partial charge in [-0.25, -0.2) is 9.78 Å². The van der Waals surface area contributed by atoms with Crippen LogP contribution in [0.4, 0.5) is 11.4 Å². The molecule has 0 saturated heterocycles. The summed E-state index contributed by atoms with van der Waals surface area (Å²) in [6.45, 7) is 1.66. The van der Waals surface area contributed by atoms with Crippen LogP contribution in [-0.2, 0) is 0 Å². The minimum Gasteiger partial charge on any atom is -0.423 e. The fourth-order valence-electron chi connectivity index (χ4n) is 3.21. The molecule has 0 spiro atoms. The molecule has 1 heterocycles. The van der Waals surface area contributed by atoms with E-state index in [-0.39, 0.29) is 16.9 Å². The van der Waals surface area contributed by atoms with Gasteiger partial charge >= 0.3 is 5.97 Å². The van der Waals surface area contributed by atoms with Crippen molar-refractivity contribution in [1.82, 2.24) is 9.66 Å². The van der Waals surface area contributed by atoms with Crippen LogP contribution in [0.3, 0.4) is 0 Å². The molecule has 12 nitrogen and oxygen atoms in total. The molecule has 3 aromatic carbocycles. The Kier molecular flexibility index (Phi) is 6.10. The van der Waals surface area contributed by atoms with Gasteiger partial charge in [0.15, 0.2) is 0 Å². The van der Waals surface area contributed by atoms with Gasteiger partial charge < -0.3 is 4.74 Å². The minimum atomic E-state index is -0.998. The van der Waals surface area contributed by atoms with Gasteiger partial charge in [0.1, 0.15) is 11.6 Å². The van der Waals surface area contributed by atoms with Gasteiger partial charge in [0.05, 0.1) is 38.6 Å². The van der Waals surface area contributed by atoms with Crippen molar-refractivity contribution in [3.05, 3.63) is 114 Å². The van der Waals surface area contributed by atoms with Gasteiger partial charge in [-0.15, -0.1) is 0 Å². The lowest BCUT2D eigenvalue weighted by molar-refractivity contribution is -0.394. The van der Waals surface area contributed by atoms with Crippen LogP contribution in [0.15, 0.2) is 76.6 Å². The molecule has 0 bridgehead atoms. The molecular weight excluding hydrogens is 458 g/mol. The van der Waals surface area contributed by atoms with E-state index in [0.717, 1.165) is 18.2 Å². The number of aromatic nitrogens is 2. The zero-order chi connectivity index (χ0) is 25.1. The summed E-state index contributed by atoms with van der Waals surface area (Å²) >= 11 is 0. The van der Waals surface area contributed by atoms with Gasteiger partial charge in [0.25, 0.3) is 16.9 Å². The lowest BCUT2D eigenvalue weighted by atomic mass is 10.1. The Morgan fingerprint density at radius 2 is 1.63 bits per heavy atom. The number of aryl methyl sites for hydroxylation is 1. The van der Waals surface area contributed by atoms with Crippen LogP contribution >= 0.6 is 0 Å². The molecule has 4 rings (SSSR count). The molecule has 0 radical (unpaired) electrons. The summed E-state index contributed by atoms with van der Waals surface area (Å²) in [6.07, 6.45) is 1.43. The van der Waals surface area contributed by atoms with Crippen LogP contribution in [0, 0.1) is 27.2 Å². The summed E-state index contributed by atoms with van der Waals surface area (Å²) < 4.78 is 6.35. The summed E-state index contributed by atoms with van der Waals surface area (Å²) in [5.74, 6) is -0.494. The largest absolute Gasteiger partial charge is 0.423 e. The molecule has 0 atom stereocenters. The summed E-state index contributed by atoms with van der Waals surface area (Å²) in [5.41, 5.74) is -0.717. The second kappa shape index (κ2) is 9.31. The molecule has 4 aromatic rings. The highest BCUT2D eigenvalue weighted by Gasteiger charge is 2.21. The van der Waals surface area contributed by atoms with Crippen molar-refractivity contribution in [3.63, 3.8) is 0 Å². The first kappa shape index (κ1) is 22.9. The van der Waals surface area contributed by atoms with E-state index in [1.165, 1.54) is 23.0 Å². The topological polar surface area (TPSA) is 160 Å². The van der Waals surface area contributed by atoms with E-state index in [0.29, 0.717) is 22.3 Å². The first-order valence-corrected chi connectivity index (χ1v) is 10.0. The Bertz CT molecular complexity index is 1540. The Balaban J connectivity index is 1.53. The molecule has 0 aliphatic carbocycles. The monoisotopic (exact) mass is 473 g/mol. The van der Waals surface area contributed by atoms with Crippen molar-refractivity contribution in [2.75, 3.05) is 0 Å². The quantitative estimate of drug-likeness (QED) is 0.135. The number of carbonyl (C=O) groups excluding carboxylic acids is 1. The van der Waals surface area contributed by atoms with Gasteiger partial charge in [0, 0.05) is 12.1 Å². The van der Waals surface area contributed by atoms with Crippen molar-refractivity contribution in [3.8, 4) is 5.75 Å². The van der Waals surface area contributed by atoms with Gasteiger partial charge in [-0.05, 0) is 48.9 Å². The number of nitrogens with zero attached hydrogens (tertiary/aromatic N) is 5. The minimum absolute atomic E-state index is 0.0991. The van der Waals surface area contributed by atoms with Crippen LogP contribution in [0.5, 0.6) is 5.75 Å². The van der Waals surface area contributed by atoms with Crippen molar-refractivity contribution in [1.29, 1.82) is 0 Å².